The minimum Gasteiger partial charge on any atom is -0.462 e. The molecule has 1 N–H and O–H groups in total. The van der Waals surface area contributed by atoms with Gasteiger partial charge in [0.2, 0.25) is 17.7 Å². The quantitative estimate of drug-likeness (QED) is 0.421. The summed E-state index contributed by atoms with van der Waals surface area (Å²) in [7, 11) is 0. The van der Waals surface area contributed by atoms with E-state index < -0.39 is 11.2 Å². The average Bonchev–Trinajstić information content (AvgIpc) is 3.10. The number of ether oxygens (including phenoxy) is 1. The number of nitrogens with zero attached hydrogens (tertiary/aromatic N) is 1. The number of hydrogen-bond acceptors (Lipinski definition) is 6. The minimum atomic E-state index is -0.635. The number of thioether (sulfide) groups is 1. The summed E-state index contributed by atoms with van der Waals surface area (Å²) in [6.07, 6.45) is 0.0202. The van der Waals surface area contributed by atoms with Gasteiger partial charge in [0.05, 0.1) is 28.9 Å². The van der Waals surface area contributed by atoms with Gasteiger partial charge in [0, 0.05) is 12.1 Å². The Labute approximate surface area is 195 Å². The monoisotopic (exact) mass is 462 g/mol. The second-order valence-corrected chi connectivity index (χ2v) is 8.64. The van der Waals surface area contributed by atoms with Crippen molar-refractivity contribution in [3.63, 3.8) is 0 Å². The molecule has 1 heterocycles. The van der Waals surface area contributed by atoms with E-state index >= 15 is 0 Å². The van der Waals surface area contributed by atoms with E-state index in [-0.39, 0.29) is 36.5 Å². The molecule has 33 heavy (non-hydrogen) atoms. The molecule has 0 radical (unpaired) electrons. The van der Waals surface area contributed by atoms with Crippen LogP contribution in [0.1, 0.15) is 23.7 Å². The SMILES string of the molecule is CCOC(=O)c1ccc(N2C(=O)CC(SCC(=O)Nc3ccc4ccccc4c3)C2=O)cc1. The third-order valence-corrected chi connectivity index (χ3v) is 6.39. The maximum atomic E-state index is 12.8. The number of fused-ring (bicyclic) bond motifs is 1. The number of hydrogen-bond donors (Lipinski definition) is 1. The first kappa shape index (κ1) is 22.5. The van der Waals surface area contributed by atoms with Gasteiger partial charge in [0.15, 0.2) is 0 Å². The normalized spacial score (nSPS) is 15.7. The number of esters is 1. The topological polar surface area (TPSA) is 92.8 Å². The van der Waals surface area contributed by atoms with Crippen molar-refractivity contribution in [1.29, 1.82) is 0 Å². The molecule has 1 fully saturated rings. The lowest BCUT2D eigenvalue weighted by Crippen LogP contribution is -2.31. The first-order valence-electron chi connectivity index (χ1n) is 10.5. The molecule has 0 spiro atoms. The van der Waals surface area contributed by atoms with Gasteiger partial charge in [-0.2, -0.15) is 0 Å². The van der Waals surface area contributed by atoms with E-state index in [1.807, 2.05) is 42.5 Å². The van der Waals surface area contributed by atoms with E-state index in [4.69, 9.17) is 4.74 Å². The molecule has 8 heteroatoms. The number of anilines is 2. The van der Waals surface area contributed by atoms with Gasteiger partial charge in [-0.25, -0.2) is 9.69 Å². The minimum absolute atomic E-state index is 0.0202. The van der Waals surface area contributed by atoms with Crippen molar-refractivity contribution in [3.05, 3.63) is 72.3 Å². The Morgan fingerprint density at radius 2 is 1.76 bits per heavy atom. The summed E-state index contributed by atoms with van der Waals surface area (Å²) in [5.74, 6) is -1.36. The maximum absolute atomic E-state index is 12.8. The van der Waals surface area contributed by atoms with Crippen LogP contribution in [0.15, 0.2) is 66.7 Å². The predicted octanol–water partition coefficient (Wildman–Crippen LogP) is 4.02. The summed E-state index contributed by atoms with van der Waals surface area (Å²) in [6.45, 7) is 1.98. The Balaban J connectivity index is 1.35. The van der Waals surface area contributed by atoms with Crippen molar-refractivity contribution in [2.75, 3.05) is 22.6 Å². The van der Waals surface area contributed by atoms with Crippen LogP contribution in [0.2, 0.25) is 0 Å². The van der Waals surface area contributed by atoms with Crippen molar-refractivity contribution >= 4 is 57.6 Å². The first-order valence-corrected chi connectivity index (χ1v) is 11.6. The van der Waals surface area contributed by atoms with Crippen LogP contribution in [-0.4, -0.2) is 41.3 Å². The molecule has 1 unspecified atom stereocenters. The molecule has 0 aliphatic carbocycles. The standard InChI is InChI=1S/C25H22N2O5S/c1-2-32-25(31)17-8-11-20(12-9-17)27-23(29)14-21(24(27)30)33-15-22(28)26-19-10-7-16-5-3-4-6-18(16)13-19/h3-13,21H,2,14-15H2,1H3,(H,26,28). The molecule has 168 valence electrons. The van der Waals surface area contributed by atoms with E-state index in [9.17, 15) is 19.2 Å². The van der Waals surface area contributed by atoms with Gasteiger partial charge in [0.1, 0.15) is 0 Å². The third-order valence-electron chi connectivity index (χ3n) is 5.19. The summed E-state index contributed by atoms with van der Waals surface area (Å²) in [5, 5.41) is 4.30. The highest BCUT2D eigenvalue weighted by molar-refractivity contribution is 8.01. The Morgan fingerprint density at radius 1 is 1.03 bits per heavy atom. The van der Waals surface area contributed by atoms with Crippen molar-refractivity contribution in [3.8, 4) is 0 Å². The lowest BCUT2D eigenvalue weighted by molar-refractivity contribution is -0.121. The van der Waals surface area contributed by atoms with Crippen molar-refractivity contribution in [2.45, 2.75) is 18.6 Å². The number of benzene rings is 3. The molecule has 0 bridgehead atoms. The van der Waals surface area contributed by atoms with E-state index in [0.29, 0.717) is 16.9 Å². The zero-order valence-electron chi connectivity index (χ0n) is 17.9. The molecule has 4 rings (SSSR count). The Kier molecular flexibility index (Phi) is 6.74. The maximum Gasteiger partial charge on any atom is 0.338 e. The van der Waals surface area contributed by atoms with Gasteiger partial charge in [-0.05, 0) is 54.1 Å². The summed E-state index contributed by atoms with van der Waals surface area (Å²) in [6, 6.07) is 19.6. The number of rotatable bonds is 7. The first-order chi connectivity index (χ1) is 16.0. The number of carbonyl (C=O) groups is 4. The Hall–Kier alpha value is -3.65. The van der Waals surface area contributed by atoms with Crippen molar-refractivity contribution in [1.82, 2.24) is 0 Å². The molecule has 1 atom stereocenters. The number of imide groups is 1. The number of nitrogens with one attached hydrogen (secondary N) is 1. The molecular weight excluding hydrogens is 440 g/mol. The van der Waals surface area contributed by atoms with Gasteiger partial charge < -0.3 is 10.1 Å². The highest BCUT2D eigenvalue weighted by atomic mass is 32.2. The van der Waals surface area contributed by atoms with Gasteiger partial charge in [-0.15, -0.1) is 11.8 Å². The van der Waals surface area contributed by atoms with Crippen molar-refractivity contribution < 1.29 is 23.9 Å². The van der Waals surface area contributed by atoms with Crippen LogP contribution in [0.4, 0.5) is 11.4 Å². The van der Waals surface area contributed by atoms with Crippen LogP contribution in [0.5, 0.6) is 0 Å². The van der Waals surface area contributed by atoms with Gasteiger partial charge in [0.25, 0.3) is 0 Å². The highest BCUT2D eigenvalue weighted by Crippen LogP contribution is 2.30. The Morgan fingerprint density at radius 3 is 2.48 bits per heavy atom. The molecule has 1 aliphatic heterocycles. The van der Waals surface area contributed by atoms with Crippen LogP contribution in [0.3, 0.4) is 0 Å². The van der Waals surface area contributed by atoms with E-state index in [0.717, 1.165) is 27.4 Å². The zero-order chi connectivity index (χ0) is 23.4. The molecular formula is C25H22N2O5S. The van der Waals surface area contributed by atoms with E-state index in [1.165, 1.54) is 12.1 Å². The fourth-order valence-electron chi connectivity index (χ4n) is 3.61. The van der Waals surface area contributed by atoms with Crippen LogP contribution in [-0.2, 0) is 19.1 Å². The zero-order valence-corrected chi connectivity index (χ0v) is 18.8. The fourth-order valence-corrected chi connectivity index (χ4v) is 4.54. The van der Waals surface area contributed by atoms with Crippen molar-refractivity contribution in [2.24, 2.45) is 0 Å². The average molecular weight is 463 g/mol. The summed E-state index contributed by atoms with van der Waals surface area (Å²) < 4.78 is 4.94. The molecule has 0 aromatic heterocycles. The largest absolute Gasteiger partial charge is 0.462 e. The van der Waals surface area contributed by atoms with Gasteiger partial charge >= 0.3 is 5.97 Å². The van der Waals surface area contributed by atoms with Crippen LogP contribution >= 0.6 is 11.8 Å². The second-order valence-electron chi connectivity index (χ2n) is 7.45. The predicted molar refractivity (Wildman–Crippen MR) is 128 cm³/mol. The van der Waals surface area contributed by atoms with Crippen LogP contribution < -0.4 is 10.2 Å². The lowest BCUT2D eigenvalue weighted by atomic mass is 10.1. The summed E-state index contributed by atoms with van der Waals surface area (Å²) in [4.78, 5) is 50.6. The summed E-state index contributed by atoms with van der Waals surface area (Å²) in [5.41, 5.74) is 1.41. The number of carbonyl (C=O) groups excluding carboxylic acids is 4. The third kappa shape index (κ3) is 5.06. The highest BCUT2D eigenvalue weighted by Gasteiger charge is 2.40. The smallest absolute Gasteiger partial charge is 0.338 e. The van der Waals surface area contributed by atoms with Crippen LogP contribution in [0.25, 0.3) is 10.8 Å². The van der Waals surface area contributed by atoms with Crippen LogP contribution in [0, 0.1) is 0 Å². The van der Waals surface area contributed by atoms with E-state index in [1.54, 1.807) is 19.1 Å². The number of amides is 3. The second kappa shape index (κ2) is 9.87. The lowest BCUT2D eigenvalue weighted by Gasteiger charge is -2.15. The summed E-state index contributed by atoms with van der Waals surface area (Å²) >= 11 is 1.14. The molecule has 1 aliphatic rings. The Bertz CT molecular complexity index is 1220. The molecule has 0 saturated carbocycles. The molecule has 3 amide bonds. The van der Waals surface area contributed by atoms with Gasteiger partial charge in [-0.3, -0.25) is 14.4 Å². The molecule has 7 nitrogen and oxygen atoms in total. The van der Waals surface area contributed by atoms with E-state index in [2.05, 4.69) is 5.32 Å². The molecule has 3 aromatic carbocycles. The molecule has 1 saturated heterocycles. The fraction of sp³-hybridized carbons (Fsp3) is 0.200. The van der Waals surface area contributed by atoms with Gasteiger partial charge in [-0.1, -0.05) is 30.3 Å². The molecule has 3 aromatic rings.